The first kappa shape index (κ1) is 14.8. The number of halogens is 1. The SMILES string of the molecule is O=C(O)COCC(=O)c1cc2c(cc1Br)OCCCO2. The molecule has 1 aromatic rings. The van der Waals surface area contributed by atoms with Gasteiger partial charge in [0.25, 0.3) is 0 Å². The van der Waals surface area contributed by atoms with Crippen LogP contribution in [0, 0.1) is 0 Å². The fourth-order valence-corrected chi connectivity index (χ4v) is 2.25. The molecular formula is C13H13BrO6. The van der Waals surface area contributed by atoms with Gasteiger partial charge in [-0.2, -0.15) is 0 Å². The van der Waals surface area contributed by atoms with Crippen LogP contribution in [0.5, 0.6) is 11.5 Å². The van der Waals surface area contributed by atoms with Crippen LogP contribution in [0.25, 0.3) is 0 Å². The zero-order valence-electron chi connectivity index (χ0n) is 10.6. The highest BCUT2D eigenvalue weighted by Crippen LogP contribution is 2.35. The number of hydrogen-bond acceptors (Lipinski definition) is 5. The number of aliphatic carboxylic acids is 1. The van der Waals surface area contributed by atoms with Crippen molar-refractivity contribution in [2.75, 3.05) is 26.4 Å². The maximum Gasteiger partial charge on any atom is 0.329 e. The summed E-state index contributed by atoms with van der Waals surface area (Å²) in [6.07, 6.45) is 0.775. The van der Waals surface area contributed by atoms with Crippen molar-refractivity contribution in [2.24, 2.45) is 0 Å². The van der Waals surface area contributed by atoms with Crippen molar-refractivity contribution in [3.8, 4) is 11.5 Å². The average molecular weight is 345 g/mol. The normalized spacial score (nSPS) is 13.7. The Balaban J connectivity index is 2.13. The molecule has 0 radical (unpaired) electrons. The highest BCUT2D eigenvalue weighted by molar-refractivity contribution is 9.10. The molecule has 1 aromatic carbocycles. The minimum atomic E-state index is -1.12. The minimum absolute atomic E-state index is 0.301. The Labute approximate surface area is 123 Å². The predicted octanol–water partition coefficient (Wildman–Crippen LogP) is 1.89. The molecule has 0 aliphatic carbocycles. The van der Waals surface area contributed by atoms with Gasteiger partial charge in [-0.15, -0.1) is 0 Å². The fourth-order valence-electron chi connectivity index (χ4n) is 1.71. The summed E-state index contributed by atoms with van der Waals surface area (Å²) in [6, 6.07) is 3.25. The molecule has 6 nitrogen and oxygen atoms in total. The van der Waals surface area contributed by atoms with Crippen molar-refractivity contribution >= 4 is 27.7 Å². The number of carboxylic acid groups (broad SMARTS) is 1. The number of carboxylic acids is 1. The fraction of sp³-hybridized carbons (Fsp3) is 0.385. The Hall–Kier alpha value is -1.60. The van der Waals surface area contributed by atoms with Gasteiger partial charge in [0.05, 0.1) is 13.2 Å². The molecule has 108 valence electrons. The van der Waals surface area contributed by atoms with Gasteiger partial charge in [0.2, 0.25) is 0 Å². The number of carbonyl (C=O) groups excluding carboxylic acids is 1. The van der Waals surface area contributed by atoms with Gasteiger partial charge in [-0.1, -0.05) is 0 Å². The highest BCUT2D eigenvalue weighted by atomic mass is 79.9. The lowest BCUT2D eigenvalue weighted by atomic mass is 10.1. The van der Waals surface area contributed by atoms with E-state index in [2.05, 4.69) is 15.9 Å². The van der Waals surface area contributed by atoms with E-state index < -0.39 is 12.6 Å². The molecule has 1 heterocycles. The lowest BCUT2D eigenvalue weighted by Gasteiger charge is -2.11. The third kappa shape index (κ3) is 3.71. The van der Waals surface area contributed by atoms with Gasteiger partial charge in [-0.3, -0.25) is 4.79 Å². The molecule has 0 unspecified atom stereocenters. The average Bonchev–Trinajstić information content (AvgIpc) is 2.61. The summed E-state index contributed by atoms with van der Waals surface area (Å²) in [5, 5.41) is 8.46. The number of hydrogen-bond donors (Lipinski definition) is 1. The van der Waals surface area contributed by atoms with E-state index in [0.29, 0.717) is 34.7 Å². The minimum Gasteiger partial charge on any atom is -0.490 e. The zero-order chi connectivity index (χ0) is 14.5. The van der Waals surface area contributed by atoms with E-state index in [1.54, 1.807) is 12.1 Å². The molecule has 0 fully saturated rings. The molecule has 0 saturated carbocycles. The largest absolute Gasteiger partial charge is 0.490 e. The monoisotopic (exact) mass is 344 g/mol. The summed E-state index contributed by atoms with van der Waals surface area (Å²) in [5.74, 6) is -0.353. The number of benzene rings is 1. The molecule has 0 amide bonds. The number of rotatable bonds is 5. The Kier molecular flexibility index (Phi) is 4.97. The number of carbonyl (C=O) groups is 2. The molecule has 0 aromatic heterocycles. The van der Waals surface area contributed by atoms with E-state index in [4.69, 9.17) is 19.3 Å². The van der Waals surface area contributed by atoms with Crippen LogP contribution in [0.1, 0.15) is 16.8 Å². The first-order valence-electron chi connectivity index (χ1n) is 6.00. The lowest BCUT2D eigenvalue weighted by Crippen LogP contribution is -2.15. The molecule has 1 aliphatic heterocycles. The van der Waals surface area contributed by atoms with Gasteiger partial charge in [-0.05, 0) is 28.1 Å². The van der Waals surface area contributed by atoms with Crippen LogP contribution >= 0.6 is 15.9 Å². The Morgan fingerprint density at radius 1 is 1.20 bits per heavy atom. The van der Waals surface area contributed by atoms with Crippen molar-refractivity contribution < 1.29 is 28.9 Å². The molecule has 0 spiro atoms. The quantitative estimate of drug-likeness (QED) is 0.821. The second-order valence-electron chi connectivity index (χ2n) is 4.14. The molecule has 1 aliphatic rings. The smallest absolute Gasteiger partial charge is 0.329 e. The number of ketones is 1. The molecule has 20 heavy (non-hydrogen) atoms. The van der Waals surface area contributed by atoms with Crippen molar-refractivity contribution in [1.29, 1.82) is 0 Å². The molecule has 7 heteroatoms. The van der Waals surface area contributed by atoms with E-state index in [0.717, 1.165) is 6.42 Å². The van der Waals surface area contributed by atoms with Crippen LogP contribution in [-0.2, 0) is 9.53 Å². The van der Waals surface area contributed by atoms with E-state index in [1.165, 1.54) is 0 Å². The molecule has 0 bridgehead atoms. The number of Topliss-reactive ketones (excluding diaryl/α,β-unsaturated/α-hetero) is 1. The summed E-state index contributed by atoms with van der Waals surface area (Å²) in [4.78, 5) is 22.3. The van der Waals surface area contributed by atoms with Gasteiger partial charge in [0, 0.05) is 16.5 Å². The second kappa shape index (κ2) is 6.71. The first-order chi connectivity index (χ1) is 9.58. The topological polar surface area (TPSA) is 82.1 Å². The van der Waals surface area contributed by atoms with Crippen molar-refractivity contribution in [2.45, 2.75) is 6.42 Å². The third-order valence-electron chi connectivity index (χ3n) is 2.60. The zero-order valence-corrected chi connectivity index (χ0v) is 12.1. The summed E-state index contributed by atoms with van der Waals surface area (Å²) in [5.41, 5.74) is 0.375. The van der Waals surface area contributed by atoms with Crippen LogP contribution in [0.3, 0.4) is 0 Å². The Morgan fingerprint density at radius 3 is 2.50 bits per heavy atom. The van der Waals surface area contributed by atoms with E-state index in [-0.39, 0.29) is 12.4 Å². The predicted molar refractivity (Wildman–Crippen MR) is 72.5 cm³/mol. The summed E-state index contributed by atoms with van der Waals surface area (Å²) >= 11 is 3.29. The standard InChI is InChI=1S/C13H13BrO6/c14-9-5-12-11(19-2-1-3-20-12)4-8(9)10(15)6-18-7-13(16)17/h4-5H,1-3,6-7H2,(H,16,17). The number of ether oxygens (including phenoxy) is 3. The summed E-state index contributed by atoms with van der Waals surface area (Å²) in [7, 11) is 0. The summed E-state index contributed by atoms with van der Waals surface area (Å²) < 4.78 is 16.4. The Bertz CT molecular complexity index is 528. The van der Waals surface area contributed by atoms with Crippen LogP contribution in [-0.4, -0.2) is 43.3 Å². The lowest BCUT2D eigenvalue weighted by molar-refractivity contribution is -0.141. The van der Waals surface area contributed by atoms with Crippen molar-refractivity contribution in [3.05, 3.63) is 22.2 Å². The molecule has 1 N–H and O–H groups in total. The molecule has 2 rings (SSSR count). The van der Waals surface area contributed by atoms with Gasteiger partial charge < -0.3 is 19.3 Å². The maximum atomic E-state index is 12.0. The second-order valence-corrected chi connectivity index (χ2v) is 4.99. The van der Waals surface area contributed by atoms with E-state index in [9.17, 15) is 9.59 Å². The Morgan fingerprint density at radius 2 is 1.85 bits per heavy atom. The van der Waals surface area contributed by atoms with E-state index >= 15 is 0 Å². The van der Waals surface area contributed by atoms with Gasteiger partial charge in [0.1, 0.15) is 13.2 Å². The van der Waals surface area contributed by atoms with Crippen LogP contribution in [0.4, 0.5) is 0 Å². The maximum absolute atomic E-state index is 12.0. The van der Waals surface area contributed by atoms with Crippen LogP contribution in [0.15, 0.2) is 16.6 Å². The number of fused-ring (bicyclic) bond motifs is 1. The molecule has 0 atom stereocenters. The summed E-state index contributed by atoms with van der Waals surface area (Å²) in [6.45, 7) is 0.282. The van der Waals surface area contributed by atoms with Crippen molar-refractivity contribution in [3.63, 3.8) is 0 Å². The van der Waals surface area contributed by atoms with Gasteiger partial charge in [0.15, 0.2) is 17.3 Å². The van der Waals surface area contributed by atoms with E-state index in [1.807, 2.05) is 0 Å². The highest BCUT2D eigenvalue weighted by Gasteiger charge is 2.18. The van der Waals surface area contributed by atoms with Crippen molar-refractivity contribution in [1.82, 2.24) is 0 Å². The van der Waals surface area contributed by atoms with Gasteiger partial charge in [-0.25, -0.2) is 4.79 Å². The molecule has 0 saturated heterocycles. The molecular weight excluding hydrogens is 332 g/mol. The third-order valence-corrected chi connectivity index (χ3v) is 3.25. The van der Waals surface area contributed by atoms with Gasteiger partial charge >= 0.3 is 5.97 Å². The van der Waals surface area contributed by atoms with Crippen LogP contribution < -0.4 is 9.47 Å². The van der Waals surface area contributed by atoms with Crippen LogP contribution in [0.2, 0.25) is 0 Å². The first-order valence-corrected chi connectivity index (χ1v) is 6.79.